The third-order valence-electron chi connectivity index (χ3n) is 2.58. The number of aromatic amines is 1. The summed E-state index contributed by atoms with van der Waals surface area (Å²) < 4.78 is 0. The van der Waals surface area contributed by atoms with Gasteiger partial charge >= 0.3 is 0 Å². The van der Waals surface area contributed by atoms with Crippen LogP contribution >= 0.6 is 0 Å². The molecule has 2 aromatic rings. The zero-order valence-corrected chi connectivity index (χ0v) is 10.1. The van der Waals surface area contributed by atoms with E-state index in [0.717, 1.165) is 5.69 Å². The summed E-state index contributed by atoms with van der Waals surface area (Å²) in [6.07, 6.45) is 0. The number of hydrogen-bond donors (Lipinski definition) is 1. The zero-order chi connectivity index (χ0) is 13.1. The molecule has 0 fully saturated rings. The molecule has 5 heteroatoms. The van der Waals surface area contributed by atoms with E-state index < -0.39 is 0 Å². The van der Waals surface area contributed by atoms with Crippen molar-refractivity contribution in [3.8, 4) is 6.07 Å². The number of H-pyrrole nitrogens is 1. The van der Waals surface area contributed by atoms with Crippen molar-refractivity contribution in [2.24, 2.45) is 0 Å². The van der Waals surface area contributed by atoms with Gasteiger partial charge in [0.05, 0.1) is 11.3 Å². The summed E-state index contributed by atoms with van der Waals surface area (Å²) in [6, 6.07) is 10.7. The lowest BCUT2D eigenvalue weighted by molar-refractivity contribution is 0.986. The van der Waals surface area contributed by atoms with Crippen LogP contribution < -0.4 is 10.5 Å². The minimum absolute atomic E-state index is 0.209. The monoisotopic (exact) mass is 240 g/mol. The van der Waals surface area contributed by atoms with E-state index in [1.165, 1.54) is 6.07 Å². The standard InChI is InChI=1S/C13H12N4O/c1-9-15-12(7-13(18)16-9)17(2)11-6-4-3-5-10(11)8-14/h3-7H,1-2H3,(H,15,16,18). The number of benzene rings is 1. The summed E-state index contributed by atoms with van der Waals surface area (Å²) >= 11 is 0. The van der Waals surface area contributed by atoms with Gasteiger partial charge in [0.2, 0.25) is 0 Å². The Bertz CT molecular complexity index is 669. The molecule has 0 saturated carbocycles. The molecular weight excluding hydrogens is 228 g/mol. The predicted octanol–water partition coefficient (Wildman–Crippen LogP) is 1.72. The van der Waals surface area contributed by atoms with E-state index in [2.05, 4.69) is 16.0 Å². The van der Waals surface area contributed by atoms with Crippen molar-refractivity contribution in [3.05, 3.63) is 52.1 Å². The first-order chi connectivity index (χ1) is 8.61. The minimum atomic E-state index is -0.209. The molecular formula is C13H12N4O. The minimum Gasteiger partial charge on any atom is -0.328 e. The molecule has 0 bridgehead atoms. The number of para-hydroxylation sites is 1. The van der Waals surface area contributed by atoms with Crippen molar-refractivity contribution in [1.29, 1.82) is 5.26 Å². The predicted molar refractivity (Wildman–Crippen MR) is 68.8 cm³/mol. The summed E-state index contributed by atoms with van der Waals surface area (Å²) in [6.45, 7) is 1.72. The summed E-state index contributed by atoms with van der Waals surface area (Å²) in [5.41, 5.74) is 1.05. The van der Waals surface area contributed by atoms with Gasteiger partial charge in [-0.2, -0.15) is 5.26 Å². The fourth-order valence-corrected chi connectivity index (χ4v) is 1.72. The first-order valence-corrected chi connectivity index (χ1v) is 5.42. The first-order valence-electron chi connectivity index (χ1n) is 5.42. The Hall–Kier alpha value is -2.61. The second kappa shape index (κ2) is 4.72. The van der Waals surface area contributed by atoms with Crippen molar-refractivity contribution in [3.63, 3.8) is 0 Å². The Morgan fingerprint density at radius 2 is 2.11 bits per heavy atom. The van der Waals surface area contributed by atoms with Crippen LogP contribution in [0.2, 0.25) is 0 Å². The molecule has 0 atom stereocenters. The van der Waals surface area contributed by atoms with Gasteiger partial charge in [-0.15, -0.1) is 0 Å². The molecule has 1 aromatic heterocycles. The van der Waals surface area contributed by atoms with Crippen LogP contribution in [0, 0.1) is 18.3 Å². The second-order valence-electron chi connectivity index (χ2n) is 3.88. The van der Waals surface area contributed by atoms with E-state index in [1.807, 2.05) is 12.1 Å². The molecule has 1 N–H and O–H groups in total. The number of aromatic nitrogens is 2. The fourth-order valence-electron chi connectivity index (χ4n) is 1.72. The van der Waals surface area contributed by atoms with Gasteiger partial charge in [0.1, 0.15) is 17.7 Å². The molecule has 0 radical (unpaired) electrons. The van der Waals surface area contributed by atoms with Gasteiger partial charge in [0.25, 0.3) is 5.56 Å². The Labute approximate surface area is 104 Å². The number of nitriles is 1. The molecule has 0 unspecified atom stereocenters. The average molecular weight is 240 g/mol. The van der Waals surface area contributed by atoms with E-state index in [-0.39, 0.29) is 5.56 Å². The highest BCUT2D eigenvalue weighted by molar-refractivity contribution is 5.66. The van der Waals surface area contributed by atoms with E-state index in [4.69, 9.17) is 5.26 Å². The lowest BCUT2D eigenvalue weighted by Gasteiger charge is -2.19. The van der Waals surface area contributed by atoms with Crippen LogP contribution in [0.25, 0.3) is 0 Å². The molecule has 0 aliphatic rings. The molecule has 0 saturated heterocycles. The van der Waals surface area contributed by atoms with Crippen LogP contribution in [0.3, 0.4) is 0 Å². The zero-order valence-electron chi connectivity index (χ0n) is 10.1. The Morgan fingerprint density at radius 1 is 1.39 bits per heavy atom. The molecule has 1 heterocycles. The topological polar surface area (TPSA) is 72.8 Å². The summed E-state index contributed by atoms with van der Waals surface area (Å²) in [4.78, 5) is 20.0. The molecule has 0 amide bonds. The molecule has 1 aromatic carbocycles. The molecule has 0 spiro atoms. The Kier molecular flexibility index (Phi) is 3.11. The Morgan fingerprint density at radius 3 is 2.78 bits per heavy atom. The lowest BCUT2D eigenvalue weighted by atomic mass is 10.2. The maximum Gasteiger partial charge on any atom is 0.252 e. The largest absolute Gasteiger partial charge is 0.328 e. The first kappa shape index (κ1) is 11.9. The third kappa shape index (κ3) is 2.23. The summed E-state index contributed by atoms with van der Waals surface area (Å²) in [7, 11) is 1.78. The lowest BCUT2D eigenvalue weighted by Crippen LogP contribution is -2.18. The molecule has 0 aliphatic carbocycles. The van der Waals surface area contributed by atoms with Gasteiger partial charge in [-0.1, -0.05) is 12.1 Å². The van der Waals surface area contributed by atoms with E-state index in [0.29, 0.717) is 17.2 Å². The maximum absolute atomic E-state index is 11.4. The van der Waals surface area contributed by atoms with Crippen molar-refractivity contribution in [1.82, 2.24) is 9.97 Å². The van der Waals surface area contributed by atoms with E-state index in [1.54, 1.807) is 31.0 Å². The highest BCUT2D eigenvalue weighted by Crippen LogP contribution is 2.23. The molecule has 90 valence electrons. The number of aryl methyl sites for hydroxylation is 1. The van der Waals surface area contributed by atoms with Gasteiger partial charge in [-0.05, 0) is 19.1 Å². The van der Waals surface area contributed by atoms with Gasteiger partial charge in [0.15, 0.2) is 0 Å². The number of nitrogens with zero attached hydrogens (tertiary/aromatic N) is 3. The van der Waals surface area contributed by atoms with E-state index >= 15 is 0 Å². The number of nitrogens with one attached hydrogen (secondary N) is 1. The van der Waals surface area contributed by atoms with Crippen molar-refractivity contribution >= 4 is 11.5 Å². The van der Waals surface area contributed by atoms with Crippen LogP contribution in [0.5, 0.6) is 0 Å². The van der Waals surface area contributed by atoms with E-state index in [9.17, 15) is 4.79 Å². The van der Waals surface area contributed by atoms with Crippen molar-refractivity contribution in [2.45, 2.75) is 6.92 Å². The van der Waals surface area contributed by atoms with Crippen LogP contribution in [-0.4, -0.2) is 17.0 Å². The second-order valence-corrected chi connectivity index (χ2v) is 3.88. The highest BCUT2D eigenvalue weighted by Gasteiger charge is 2.10. The quantitative estimate of drug-likeness (QED) is 0.867. The molecule has 18 heavy (non-hydrogen) atoms. The summed E-state index contributed by atoms with van der Waals surface area (Å²) in [5, 5.41) is 9.06. The smallest absolute Gasteiger partial charge is 0.252 e. The SMILES string of the molecule is Cc1nc(N(C)c2ccccc2C#N)cc(=O)[nH]1. The van der Waals surface area contributed by atoms with Crippen LogP contribution in [0.1, 0.15) is 11.4 Å². The molecule has 2 rings (SSSR count). The van der Waals surface area contributed by atoms with Crippen molar-refractivity contribution < 1.29 is 0 Å². The van der Waals surface area contributed by atoms with Gasteiger partial charge in [-0.3, -0.25) is 4.79 Å². The fraction of sp³-hybridized carbons (Fsp3) is 0.154. The summed E-state index contributed by atoms with van der Waals surface area (Å²) in [5.74, 6) is 1.05. The molecule has 5 nitrogen and oxygen atoms in total. The highest BCUT2D eigenvalue weighted by atomic mass is 16.1. The third-order valence-corrected chi connectivity index (χ3v) is 2.58. The Balaban J connectivity index is 2.51. The normalized spacial score (nSPS) is 9.83. The number of hydrogen-bond acceptors (Lipinski definition) is 4. The average Bonchev–Trinajstić information content (AvgIpc) is 2.36. The van der Waals surface area contributed by atoms with Crippen LogP contribution in [0.15, 0.2) is 35.1 Å². The van der Waals surface area contributed by atoms with Crippen molar-refractivity contribution in [2.75, 3.05) is 11.9 Å². The maximum atomic E-state index is 11.4. The number of rotatable bonds is 2. The number of anilines is 2. The van der Waals surface area contributed by atoms with Crippen LogP contribution in [-0.2, 0) is 0 Å². The molecule has 0 aliphatic heterocycles. The van der Waals surface area contributed by atoms with Gasteiger partial charge in [0, 0.05) is 13.1 Å². The van der Waals surface area contributed by atoms with Crippen LogP contribution in [0.4, 0.5) is 11.5 Å². The van der Waals surface area contributed by atoms with Gasteiger partial charge < -0.3 is 9.88 Å². The van der Waals surface area contributed by atoms with Gasteiger partial charge in [-0.25, -0.2) is 4.98 Å².